The largest absolute Gasteiger partial charge is 0.370 e. The normalized spacial score (nSPS) is 32.6. The maximum absolute atomic E-state index is 9.14. The summed E-state index contributed by atoms with van der Waals surface area (Å²) in [5.74, 6) is -0.790. The molecular weight excluding hydrogens is 362 g/mol. The maximum Gasteiger partial charge on any atom is 0.170 e. The highest BCUT2D eigenvalue weighted by atomic mass is 16.8. The van der Waals surface area contributed by atoms with E-state index in [2.05, 4.69) is 16.6 Å². The molecule has 0 aliphatic carbocycles. The highest BCUT2D eigenvalue weighted by Crippen LogP contribution is 2.36. The van der Waals surface area contributed by atoms with Crippen LogP contribution in [-0.2, 0) is 30.3 Å². The fraction of sp³-hybridized carbons (Fsp3) is 0.600. The summed E-state index contributed by atoms with van der Waals surface area (Å²) in [4.78, 5) is 2.99. The third kappa shape index (κ3) is 4.91. The van der Waals surface area contributed by atoms with E-state index in [4.69, 9.17) is 29.2 Å². The zero-order chi connectivity index (χ0) is 20.1. The van der Waals surface area contributed by atoms with Gasteiger partial charge in [0, 0.05) is 4.91 Å². The van der Waals surface area contributed by atoms with Gasteiger partial charge in [0.15, 0.2) is 12.1 Å². The summed E-state index contributed by atoms with van der Waals surface area (Å²) in [6, 6.07) is 9.07. The van der Waals surface area contributed by atoms with Crippen molar-refractivity contribution in [3.8, 4) is 0 Å². The molecule has 0 amide bonds. The van der Waals surface area contributed by atoms with E-state index in [0.29, 0.717) is 13.2 Å². The van der Waals surface area contributed by atoms with Crippen LogP contribution in [0.25, 0.3) is 10.4 Å². The van der Waals surface area contributed by atoms with Gasteiger partial charge in [-0.3, -0.25) is 0 Å². The summed E-state index contributed by atoms with van der Waals surface area (Å²) in [7, 11) is 0. The van der Waals surface area contributed by atoms with Crippen molar-refractivity contribution in [1.82, 2.24) is 0 Å². The Labute approximate surface area is 165 Å². The minimum atomic E-state index is -0.792. The number of azide groups is 1. The minimum absolute atomic E-state index is 0.283. The zero-order valence-electron chi connectivity index (χ0n) is 16.4. The van der Waals surface area contributed by atoms with E-state index in [-0.39, 0.29) is 6.10 Å². The Morgan fingerprint density at radius 2 is 2.14 bits per heavy atom. The molecule has 1 aromatic carbocycles. The van der Waals surface area contributed by atoms with Crippen LogP contribution >= 0.6 is 0 Å². The number of hydrogen-bond donors (Lipinski definition) is 0. The fourth-order valence-corrected chi connectivity index (χ4v) is 3.33. The lowest BCUT2D eigenvalue weighted by Crippen LogP contribution is -2.65. The molecule has 8 heteroatoms. The molecule has 28 heavy (non-hydrogen) atoms. The smallest absolute Gasteiger partial charge is 0.170 e. The Hall–Kier alpha value is -1.93. The van der Waals surface area contributed by atoms with Crippen LogP contribution in [0.3, 0.4) is 0 Å². The first-order chi connectivity index (χ1) is 13.4. The van der Waals surface area contributed by atoms with Crippen molar-refractivity contribution in [2.75, 3.05) is 6.61 Å². The van der Waals surface area contributed by atoms with E-state index >= 15 is 0 Å². The first kappa shape index (κ1) is 20.8. The van der Waals surface area contributed by atoms with Crippen LogP contribution in [0.4, 0.5) is 0 Å². The molecule has 152 valence electrons. The first-order valence-corrected chi connectivity index (χ1v) is 9.38. The van der Waals surface area contributed by atoms with Crippen LogP contribution in [0, 0.1) is 0 Å². The Morgan fingerprint density at radius 1 is 1.39 bits per heavy atom. The van der Waals surface area contributed by atoms with Crippen LogP contribution in [0.15, 0.2) is 48.1 Å². The van der Waals surface area contributed by atoms with Crippen molar-refractivity contribution in [2.45, 2.75) is 69.9 Å². The lowest BCUT2D eigenvalue weighted by molar-refractivity contribution is -0.373. The van der Waals surface area contributed by atoms with E-state index in [9.17, 15) is 0 Å². The maximum atomic E-state index is 9.14. The van der Waals surface area contributed by atoms with Gasteiger partial charge in [0.05, 0.1) is 19.3 Å². The minimum Gasteiger partial charge on any atom is -0.370 e. The number of benzene rings is 1. The Bertz CT molecular complexity index is 707. The third-order valence-corrected chi connectivity index (χ3v) is 4.78. The molecule has 2 aliphatic heterocycles. The highest BCUT2D eigenvalue weighted by molar-refractivity contribution is 5.13. The summed E-state index contributed by atoms with van der Waals surface area (Å²) in [6.45, 7) is 9.91. The van der Waals surface area contributed by atoms with Gasteiger partial charge in [-0.15, -0.1) is 6.58 Å². The van der Waals surface area contributed by atoms with Gasteiger partial charge in [0.2, 0.25) is 0 Å². The molecule has 0 N–H and O–H groups in total. The van der Waals surface area contributed by atoms with E-state index in [0.717, 1.165) is 5.56 Å². The Balaban J connectivity index is 1.86. The summed E-state index contributed by atoms with van der Waals surface area (Å²) >= 11 is 0. The Kier molecular flexibility index (Phi) is 6.72. The molecule has 0 aromatic heterocycles. The zero-order valence-corrected chi connectivity index (χ0v) is 16.4. The molecule has 3 rings (SSSR count). The number of nitrogens with zero attached hydrogens (tertiary/aromatic N) is 3. The summed E-state index contributed by atoms with van der Waals surface area (Å²) in [6.07, 6.45) is -0.837. The molecular formula is C20H27N3O5. The molecule has 2 heterocycles. The van der Waals surface area contributed by atoms with E-state index < -0.39 is 36.4 Å². The number of fused-ring (bicyclic) bond motifs is 1. The van der Waals surface area contributed by atoms with Gasteiger partial charge in [0.1, 0.15) is 24.4 Å². The molecule has 2 saturated heterocycles. The fourth-order valence-electron chi connectivity index (χ4n) is 3.33. The van der Waals surface area contributed by atoms with Gasteiger partial charge in [-0.2, -0.15) is 0 Å². The standard InChI is InChI=1S/C20H27N3O5/c1-5-13(2)26-19-16(22-23-21)18(24-11-14-9-7-6-8-10-14)17-15(27-19)12-25-20(3,4)28-17/h5-10,13,15-19H,1,11-12H2,2-4H3/t13?,15-,16-,17-,18-,19-/m1/s1. The second kappa shape index (κ2) is 9.05. The van der Waals surface area contributed by atoms with Crippen molar-refractivity contribution in [1.29, 1.82) is 0 Å². The predicted molar refractivity (Wildman–Crippen MR) is 102 cm³/mol. The van der Waals surface area contributed by atoms with Crippen molar-refractivity contribution in [3.05, 3.63) is 59.0 Å². The second-order valence-corrected chi connectivity index (χ2v) is 7.37. The van der Waals surface area contributed by atoms with Crippen LogP contribution in [-0.4, -0.2) is 49.1 Å². The van der Waals surface area contributed by atoms with Crippen LogP contribution < -0.4 is 0 Å². The SMILES string of the molecule is C=CC(C)O[C@@H]1O[C@@H]2COC(C)(C)O[C@H]2[C@H](OCc2ccccc2)[C@H]1N=[N+]=[N-]. The average molecular weight is 389 g/mol. The first-order valence-electron chi connectivity index (χ1n) is 9.38. The van der Waals surface area contributed by atoms with E-state index in [1.165, 1.54) is 0 Å². The topological polar surface area (TPSA) is 94.9 Å². The van der Waals surface area contributed by atoms with Gasteiger partial charge in [-0.25, -0.2) is 0 Å². The monoisotopic (exact) mass is 389 g/mol. The summed E-state index contributed by atoms with van der Waals surface area (Å²) < 4.78 is 30.0. The van der Waals surface area contributed by atoms with Crippen molar-refractivity contribution < 1.29 is 23.7 Å². The summed E-state index contributed by atoms with van der Waals surface area (Å²) in [5, 5.41) is 3.94. The van der Waals surface area contributed by atoms with E-state index in [1.807, 2.05) is 51.1 Å². The molecule has 1 aromatic rings. The van der Waals surface area contributed by atoms with Gasteiger partial charge in [-0.05, 0) is 31.9 Å². The lowest BCUT2D eigenvalue weighted by atomic mass is 9.95. The second-order valence-electron chi connectivity index (χ2n) is 7.37. The molecule has 0 bridgehead atoms. The number of rotatable bonds is 7. The molecule has 0 radical (unpaired) electrons. The van der Waals surface area contributed by atoms with Gasteiger partial charge in [0.25, 0.3) is 0 Å². The van der Waals surface area contributed by atoms with Gasteiger partial charge in [-0.1, -0.05) is 41.5 Å². The van der Waals surface area contributed by atoms with Gasteiger partial charge >= 0.3 is 0 Å². The van der Waals surface area contributed by atoms with Crippen molar-refractivity contribution in [3.63, 3.8) is 0 Å². The molecule has 8 nitrogen and oxygen atoms in total. The lowest BCUT2D eigenvalue weighted by Gasteiger charge is -2.50. The molecule has 0 saturated carbocycles. The summed E-state index contributed by atoms with van der Waals surface area (Å²) in [5.41, 5.74) is 10.1. The quantitative estimate of drug-likeness (QED) is 0.307. The van der Waals surface area contributed by atoms with Crippen molar-refractivity contribution >= 4 is 0 Å². The Morgan fingerprint density at radius 3 is 2.82 bits per heavy atom. The van der Waals surface area contributed by atoms with Gasteiger partial charge < -0.3 is 23.7 Å². The number of hydrogen-bond acceptors (Lipinski definition) is 6. The third-order valence-electron chi connectivity index (χ3n) is 4.78. The molecule has 1 unspecified atom stereocenters. The predicted octanol–water partition coefficient (Wildman–Crippen LogP) is 3.72. The molecule has 2 aliphatic rings. The van der Waals surface area contributed by atoms with Crippen LogP contribution in [0.1, 0.15) is 26.3 Å². The molecule has 6 atom stereocenters. The highest BCUT2D eigenvalue weighted by Gasteiger charge is 2.52. The molecule has 2 fully saturated rings. The van der Waals surface area contributed by atoms with Crippen molar-refractivity contribution in [2.24, 2.45) is 5.11 Å². The van der Waals surface area contributed by atoms with Crippen LogP contribution in [0.5, 0.6) is 0 Å². The van der Waals surface area contributed by atoms with E-state index in [1.54, 1.807) is 6.08 Å². The number of ether oxygens (including phenoxy) is 5. The average Bonchev–Trinajstić information content (AvgIpc) is 2.68. The molecule has 0 spiro atoms. The van der Waals surface area contributed by atoms with Crippen LogP contribution in [0.2, 0.25) is 0 Å².